The second-order valence-corrected chi connectivity index (χ2v) is 5.16. The van der Waals surface area contributed by atoms with Gasteiger partial charge in [-0.1, -0.05) is 42.5 Å². The fourth-order valence-electron chi connectivity index (χ4n) is 2.77. The predicted octanol–water partition coefficient (Wildman–Crippen LogP) is 4.22. The van der Waals surface area contributed by atoms with Crippen molar-refractivity contribution in [1.82, 2.24) is 0 Å². The van der Waals surface area contributed by atoms with Crippen LogP contribution in [-0.2, 0) is 12.8 Å². The normalized spacial score (nSPS) is 14.8. The van der Waals surface area contributed by atoms with Gasteiger partial charge in [0.25, 0.3) is 0 Å². The van der Waals surface area contributed by atoms with Crippen LogP contribution in [0.5, 0.6) is 0 Å². The topological polar surface area (TPSA) is 12.0 Å². The van der Waals surface area contributed by atoms with E-state index in [0.717, 1.165) is 35.3 Å². The minimum absolute atomic E-state index is 0.449. The lowest BCUT2D eigenvalue weighted by atomic mass is 9.97. The summed E-state index contributed by atoms with van der Waals surface area (Å²) in [6, 6.07) is 14.0. The molecule has 0 aliphatic carbocycles. The van der Waals surface area contributed by atoms with E-state index in [2.05, 4.69) is 11.4 Å². The van der Waals surface area contributed by atoms with E-state index in [1.54, 1.807) is 0 Å². The van der Waals surface area contributed by atoms with Gasteiger partial charge in [-0.05, 0) is 30.0 Å². The molecular formula is C17H18FN. The molecule has 2 aromatic carbocycles. The van der Waals surface area contributed by atoms with E-state index in [0.29, 0.717) is 6.42 Å². The summed E-state index contributed by atoms with van der Waals surface area (Å²) in [5.74, 6) is 0. The fourth-order valence-corrected chi connectivity index (χ4v) is 2.77. The molecule has 0 amide bonds. The SMILES string of the molecule is Cc1ccccc1CC(F)c1cccc2c1NCC2. The van der Waals surface area contributed by atoms with Crippen LogP contribution in [0.1, 0.15) is 28.4 Å². The van der Waals surface area contributed by atoms with Gasteiger partial charge in [-0.25, -0.2) is 4.39 Å². The number of hydrogen-bond donors (Lipinski definition) is 1. The third-order valence-electron chi connectivity index (χ3n) is 3.88. The first-order valence-corrected chi connectivity index (χ1v) is 6.80. The third kappa shape index (κ3) is 2.35. The molecule has 1 atom stereocenters. The molecule has 98 valence electrons. The molecule has 1 unspecified atom stereocenters. The van der Waals surface area contributed by atoms with Crippen LogP contribution >= 0.6 is 0 Å². The average molecular weight is 255 g/mol. The molecule has 1 aliphatic rings. The summed E-state index contributed by atoms with van der Waals surface area (Å²) >= 11 is 0. The Morgan fingerprint density at radius 2 is 2.00 bits per heavy atom. The zero-order chi connectivity index (χ0) is 13.2. The molecule has 2 heteroatoms. The van der Waals surface area contributed by atoms with Crippen LogP contribution in [-0.4, -0.2) is 6.54 Å². The van der Waals surface area contributed by atoms with E-state index in [1.807, 2.05) is 43.3 Å². The molecule has 1 nitrogen and oxygen atoms in total. The molecule has 0 saturated heterocycles. The highest BCUT2D eigenvalue weighted by atomic mass is 19.1. The summed E-state index contributed by atoms with van der Waals surface area (Å²) in [5, 5.41) is 3.31. The molecule has 1 aliphatic heterocycles. The second-order valence-electron chi connectivity index (χ2n) is 5.16. The first kappa shape index (κ1) is 12.2. The van der Waals surface area contributed by atoms with Gasteiger partial charge in [-0.3, -0.25) is 0 Å². The molecule has 19 heavy (non-hydrogen) atoms. The maximum atomic E-state index is 14.6. The van der Waals surface area contributed by atoms with E-state index in [-0.39, 0.29) is 0 Å². The summed E-state index contributed by atoms with van der Waals surface area (Å²) in [5.41, 5.74) is 5.31. The fraction of sp³-hybridized carbons (Fsp3) is 0.294. The van der Waals surface area contributed by atoms with Crippen molar-refractivity contribution in [3.63, 3.8) is 0 Å². The van der Waals surface area contributed by atoms with Crippen LogP contribution in [0.3, 0.4) is 0 Å². The van der Waals surface area contributed by atoms with Crippen LogP contribution < -0.4 is 5.32 Å². The number of aryl methyl sites for hydroxylation is 1. The Kier molecular flexibility index (Phi) is 3.24. The number of rotatable bonds is 3. The molecule has 1 heterocycles. The van der Waals surface area contributed by atoms with E-state index in [1.165, 1.54) is 5.56 Å². The summed E-state index contributed by atoms with van der Waals surface area (Å²) < 4.78 is 14.6. The monoisotopic (exact) mass is 255 g/mol. The van der Waals surface area contributed by atoms with E-state index >= 15 is 0 Å². The van der Waals surface area contributed by atoms with Gasteiger partial charge in [0.05, 0.1) is 0 Å². The Morgan fingerprint density at radius 3 is 2.84 bits per heavy atom. The molecular weight excluding hydrogens is 237 g/mol. The van der Waals surface area contributed by atoms with Gasteiger partial charge in [-0.2, -0.15) is 0 Å². The quantitative estimate of drug-likeness (QED) is 0.866. The van der Waals surface area contributed by atoms with Crippen molar-refractivity contribution in [3.05, 3.63) is 64.7 Å². The van der Waals surface area contributed by atoms with Gasteiger partial charge in [0.15, 0.2) is 0 Å². The van der Waals surface area contributed by atoms with E-state index < -0.39 is 6.17 Å². The van der Waals surface area contributed by atoms with E-state index in [9.17, 15) is 4.39 Å². The summed E-state index contributed by atoms with van der Waals surface area (Å²) in [6.45, 7) is 2.96. The zero-order valence-corrected chi connectivity index (χ0v) is 11.1. The number of hydrogen-bond acceptors (Lipinski definition) is 1. The Bertz CT molecular complexity index is 592. The smallest absolute Gasteiger partial charge is 0.131 e. The highest BCUT2D eigenvalue weighted by molar-refractivity contribution is 5.62. The second kappa shape index (κ2) is 5.04. The number of anilines is 1. The van der Waals surface area contributed by atoms with Crippen molar-refractivity contribution in [2.75, 3.05) is 11.9 Å². The minimum Gasteiger partial charge on any atom is -0.384 e. The Labute approximate surface area is 113 Å². The van der Waals surface area contributed by atoms with Crippen molar-refractivity contribution in [3.8, 4) is 0 Å². The van der Waals surface area contributed by atoms with Crippen molar-refractivity contribution in [2.45, 2.75) is 25.9 Å². The predicted molar refractivity (Wildman–Crippen MR) is 77.4 cm³/mol. The number of nitrogens with one attached hydrogen (secondary N) is 1. The van der Waals surface area contributed by atoms with Gasteiger partial charge >= 0.3 is 0 Å². The van der Waals surface area contributed by atoms with Crippen LogP contribution in [0, 0.1) is 6.92 Å². The minimum atomic E-state index is -0.943. The summed E-state index contributed by atoms with van der Waals surface area (Å²) in [6.07, 6.45) is 0.507. The van der Waals surface area contributed by atoms with Crippen molar-refractivity contribution in [1.29, 1.82) is 0 Å². The van der Waals surface area contributed by atoms with Gasteiger partial charge in [0, 0.05) is 24.2 Å². The molecule has 0 spiro atoms. The largest absolute Gasteiger partial charge is 0.384 e. The summed E-state index contributed by atoms with van der Waals surface area (Å²) in [4.78, 5) is 0. The zero-order valence-electron chi connectivity index (χ0n) is 11.1. The van der Waals surface area contributed by atoms with Gasteiger partial charge in [0.2, 0.25) is 0 Å². The number of benzene rings is 2. The molecule has 0 saturated carbocycles. The molecule has 0 fully saturated rings. The van der Waals surface area contributed by atoms with Gasteiger partial charge < -0.3 is 5.32 Å². The standard InChI is InChI=1S/C17H18FN/c1-12-5-2-3-6-14(12)11-16(18)15-8-4-7-13-9-10-19-17(13)15/h2-8,16,19H,9-11H2,1H3. The molecule has 2 aromatic rings. The number of fused-ring (bicyclic) bond motifs is 1. The van der Waals surface area contributed by atoms with Gasteiger partial charge in [0.1, 0.15) is 6.17 Å². The molecule has 1 N–H and O–H groups in total. The molecule has 0 radical (unpaired) electrons. The first-order chi connectivity index (χ1) is 9.25. The Balaban J connectivity index is 1.87. The highest BCUT2D eigenvalue weighted by Gasteiger charge is 2.20. The summed E-state index contributed by atoms with van der Waals surface area (Å²) in [7, 11) is 0. The average Bonchev–Trinajstić information content (AvgIpc) is 2.89. The van der Waals surface area contributed by atoms with Gasteiger partial charge in [-0.15, -0.1) is 0 Å². The van der Waals surface area contributed by atoms with Crippen molar-refractivity contribution in [2.24, 2.45) is 0 Å². The van der Waals surface area contributed by atoms with Crippen LogP contribution in [0.15, 0.2) is 42.5 Å². The van der Waals surface area contributed by atoms with E-state index in [4.69, 9.17) is 0 Å². The van der Waals surface area contributed by atoms with Crippen LogP contribution in [0.25, 0.3) is 0 Å². The number of halogens is 1. The number of para-hydroxylation sites is 1. The van der Waals surface area contributed by atoms with Crippen molar-refractivity contribution < 1.29 is 4.39 Å². The molecule has 3 rings (SSSR count). The highest BCUT2D eigenvalue weighted by Crippen LogP contribution is 2.34. The number of alkyl halides is 1. The molecule has 0 bridgehead atoms. The van der Waals surface area contributed by atoms with Crippen molar-refractivity contribution >= 4 is 5.69 Å². The third-order valence-corrected chi connectivity index (χ3v) is 3.88. The van der Waals surface area contributed by atoms with Crippen LogP contribution in [0.4, 0.5) is 10.1 Å². The lowest BCUT2D eigenvalue weighted by molar-refractivity contribution is 0.343. The Morgan fingerprint density at radius 1 is 1.16 bits per heavy atom. The Hall–Kier alpha value is -1.83. The maximum absolute atomic E-state index is 14.6. The first-order valence-electron chi connectivity index (χ1n) is 6.80. The lowest BCUT2D eigenvalue weighted by Gasteiger charge is -2.14. The van der Waals surface area contributed by atoms with Crippen LogP contribution in [0.2, 0.25) is 0 Å². The molecule has 0 aromatic heterocycles. The lowest BCUT2D eigenvalue weighted by Crippen LogP contribution is -2.02. The maximum Gasteiger partial charge on any atom is 0.131 e.